The first-order valence-corrected chi connectivity index (χ1v) is 6.06. The molecule has 1 aliphatic carbocycles. The predicted octanol–water partition coefficient (Wildman–Crippen LogP) is 1.77. The highest BCUT2D eigenvalue weighted by Gasteiger charge is 2.41. The Morgan fingerprint density at radius 2 is 2.35 bits per heavy atom. The highest BCUT2D eigenvalue weighted by Crippen LogP contribution is 2.49. The molecule has 0 spiro atoms. The van der Waals surface area contributed by atoms with E-state index in [2.05, 4.69) is 22.2 Å². The molecule has 94 valence electrons. The molecule has 0 aliphatic heterocycles. The number of aromatic nitrogens is 2. The first kappa shape index (κ1) is 12.0. The van der Waals surface area contributed by atoms with Gasteiger partial charge >= 0.3 is 0 Å². The van der Waals surface area contributed by atoms with Gasteiger partial charge in [0.1, 0.15) is 0 Å². The van der Waals surface area contributed by atoms with Crippen molar-refractivity contribution in [1.29, 1.82) is 0 Å². The lowest BCUT2D eigenvalue weighted by atomic mass is 10.0. The summed E-state index contributed by atoms with van der Waals surface area (Å²) in [5.74, 6) is 0.804. The summed E-state index contributed by atoms with van der Waals surface area (Å²) >= 11 is 0. The van der Waals surface area contributed by atoms with Crippen LogP contribution in [0.5, 0.6) is 5.75 Å². The number of hydrogen-bond acceptors (Lipinski definition) is 4. The maximum absolute atomic E-state index is 11.5. The van der Waals surface area contributed by atoms with Crippen molar-refractivity contribution in [1.82, 2.24) is 9.97 Å². The Balaban J connectivity index is 2.04. The molecule has 0 bridgehead atoms. The molecule has 1 fully saturated rings. The Bertz CT molecular complexity index is 438. The third kappa shape index (κ3) is 2.60. The summed E-state index contributed by atoms with van der Waals surface area (Å²) in [4.78, 5) is 18.1. The quantitative estimate of drug-likeness (QED) is 0.791. The zero-order valence-electron chi connectivity index (χ0n) is 10.4. The molecule has 0 atom stereocenters. The average molecular weight is 237 g/mol. The number of methoxy groups -OCH3 is 1. The lowest BCUT2D eigenvalue weighted by Gasteiger charge is -2.16. The Labute approximate surface area is 101 Å². The van der Waals surface area contributed by atoms with Gasteiger partial charge in [-0.15, -0.1) is 0 Å². The van der Waals surface area contributed by atoms with E-state index in [1.165, 1.54) is 39.1 Å². The summed E-state index contributed by atoms with van der Waals surface area (Å²) in [6.07, 6.45) is 6.35. The molecule has 5 heteroatoms. The van der Waals surface area contributed by atoms with Gasteiger partial charge in [-0.05, 0) is 24.7 Å². The molecule has 1 saturated carbocycles. The first-order chi connectivity index (χ1) is 8.21. The van der Waals surface area contributed by atoms with E-state index in [0.717, 1.165) is 6.54 Å². The zero-order valence-corrected chi connectivity index (χ0v) is 10.4. The Hall–Kier alpha value is -1.52. The summed E-state index contributed by atoms with van der Waals surface area (Å²) < 4.78 is 5.05. The van der Waals surface area contributed by atoms with Crippen LogP contribution in [0.2, 0.25) is 0 Å². The number of hydrogen-bond donors (Lipinski definition) is 2. The molecule has 1 aliphatic rings. The number of anilines is 1. The van der Waals surface area contributed by atoms with E-state index >= 15 is 0 Å². The fourth-order valence-electron chi connectivity index (χ4n) is 2.20. The van der Waals surface area contributed by atoms with E-state index in [1.807, 2.05) is 0 Å². The molecule has 1 aromatic rings. The van der Waals surface area contributed by atoms with Gasteiger partial charge in [0.2, 0.25) is 5.75 Å². The Morgan fingerprint density at radius 1 is 1.59 bits per heavy atom. The smallest absolute Gasteiger partial charge is 0.295 e. The molecule has 5 nitrogen and oxygen atoms in total. The van der Waals surface area contributed by atoms with Gasteiger partial charge in [0.25, 0.3) is 5.56 Å². The van der Waals surface area contributed by atoms with Gasteiger partial charge in [-0.3, -0.25) is 4.79 Å². The second-order valence-electron chi connectivity index (χ2n) is 4.72. The number of nitrogens with one attached hydrogen (secondary N) is 2. The van der Waals surface area contributed by atoms with E-state index in [-0.39, 0.29) is 11.3 Å². The van der Waals surface area contributed by atoms with Gasteiger partial charge in [0, 0.05) is 6.54 Å². The van der Waals surface area contributed by atoms with Crippen LogP contribution in [0.1, 0.15) is 32.6 Å². The molecule has 2 rings (SSSR count). The predicted molar refractivity (Wildman–Crippen MR) is 66.5 cm³/mol. The molecular weight excluding hydrogens is 218 g/mol. The molecule has 2 N–H and O–H groups in total. The average Bonchev–Trinajstić information content (AvgIpc) is 3.07. The first-order valence-electron chi connectivity index (χ1n) is 6.06. The van der Waals surface area contributed by atoms with Crippen molar-refractivity contribution in [3.63, 3.8) is 0 Å². The van der Waals surface area contributed by atoms with E-state index in [4.69, 9.17) is 4.74 Å². The summed E-state index contributed by atoms with van der Waals surface area (Å²) in [6, 6.07) is 0. The summed E-state index contributed by atoms with van der Waals surface area (Å²) in [5.41, 5.74) is 0.176. The Kier molecular flexibility index (Phi) is 3.36. The number of nitrogens with zero attached hydrogens (tertiary/aromatic N) is 1. The van der Waals surface area contributed by atoms with Crippen LogP contribution in [-0.2, 0) is 0 Å². The van der Waals surface area contributed by atoms with Gasteiger partial charge in [0.05, 0.1) is 13.4 Å². The minimum atomic E-state index is -0.245. The van der Waals surface area contributed by atoms with Crippen LogP contribution in [0.3, 0.4) is 0 Å². The molecule has 0 aromatic carbocycles. The van der Waals surface area contributed by atoms with E-state index in [9.17, 15) is 4.79 Å². The van der Waals surface area contributed by atoms with Crippen molar-refractivity contribution in [3.05, 3.63) is 16.7 Å². The second-order valence-corrected chi connectivity index (χ2v) is 4.72. The normalized spacial score (nSPS) is 16.6. The largest absolute Gasteiger partial charge is 0.489 e. The lowest BCUT2D eigenvalue weighted by molar-refractivity contribution is 0.406. The maximum Gasteiger partial charge on any atom is 0.295 e. The van der Waals surface area contributed by atoms with Crippen molar-refractivity contribution in [2.45, 2.75) is 32.6 Å². The number of aromatic amines is 1. The molecule has 1 heterocycles. The van der Waals surface area contributed by atoms with Crippen molar-refractivity contribution < 1.29 is 4.74 Å². The fourth-order valence-corrected chi connectivity index (χ4v) is 2.20. The van der Waals surface area contributed by atoms with Crippen LogP contribution in [0.15, 0.2) is 11.1 Å². The molecule has 0 amide bonds. The van der Waals surface area contributed by atoms with Crippen LogP contribution in [0, 0.1) is 5.41 Å². The molecule has 0 radical (unpaired) electrons. The van der Waals surface area contributed by atoms with Crippen LogP contribution in [0.4, 0.5) is 5.82 Å². The Morgan fingerprint density at radius 3 is 2.94 bits per heavy atom. The van der Waals surface area contributed by atoms with Gasteiger partial charge in [-0.1, -0.05) is 13.3 Å². The number of ether oxygens (including phenoxy) is 1. The fraction of sp³-hybridized carbons (Fsp3) is 0.667. The monoisotopic (exact) mass is 237 g/mol. The van der Waals surface area contributed by atoms with Crippen molar-refractivity contribution in [3.8, 4) is 5.75 Å². The van der Waals surface area contributed by atoms with Gasteiger partial charge < -0.3 is 15.0 Å². The van der Waals surface area contributed by atoms with Gasteiger partial charge in [0.15, 0.2) is 5.82 Å². The number of rotatable bonds is 6. The molecular formula is C12H19N3O2. The SMILES string of the molecule is CCCC1(CNc2nc[nH]c(=O)c2OC)CC1. The van der Waals surface area contributed by atoms with Crippen LogP contribution in [0.25, 0.3) is 0 Å². The van der Waals surface area contributed by atoms with Crippen LogP contribution >= 0.6 is 0 Å². The molecule has 17 heavy (non-hydrogen) atoms. The minimum Gasteiger partial charge on any atom is -0.489 e. The van der Waals surface area contributed by atoms with Crippen molar-refractivity contribution in [2.75, 3.05) is 19.0 Å². The van der Waals surface area contributed by atoms with E-state index < -0.39 is 0 Å². The van der Waals surface area contributed by atoms with Crippen molar-refractivity contribution in [2.24, 2.45) is 5.41 Å². The highest BCUT2D eigenvalue weighted by atomic mass is 16.5. The van der Waals surface area contributed by atoms with Crippen LogP contribution < -0.4 is 15.6 Å². The van der Waals surface area contributed by atoms with E-state index in [0.29, 0.717) is 11.2 Å². The molecule has 1 aromatic heterocycles. The van der Waals surface area contributed by atoms with Gasteiger partial charge in [-0.25, -0.2) is 4.98 Å². The molecule has 0 saturated heterocycles. The second kappa shape index (κ2) is 4.77. The van der Waals surface area contributed by atoms with Crippen LogP contribution in [-0.4, -0.2) is 23.6 Å². The molecule has 0 unspecified atom stereocenters. The lowest BCUT2D eigenvalue weighted by Crippen LogP contribution is -2.19. The minimum absolute atomic E-state index is 0.245. The van der Waals surface area contributed by atoms with Crippen molar-refractivity contribution >= 4 is 5.82 Å². The van der Waals surface area contributed by atoms with Gasteiger partial charge in [-0.2, -0.15) is 0 Å². The number of H-pyrrole nitrogens is 1. The third-order valence-corrected chi connectivity index (χ3v) is 3.38. The summed E-state index contributed by atoms with van der Waals surface area (Å²) in [7, 11) is 1.48. The summed E-state index contributed by atoms with van der Waals surface area (Å²) in [5, 5.41) is 3.24. The zero-order chi connectivity index (χ0) is 12.3. The maximum atomic E-state index is 11.5. The summed E-state index contributed by atoms with van der Waals surface area (Å²) in [6.45, 7) is 3.07. The van der Waals surface area contributed by atoms with E-state index in [1.54, 1.807) is 0 Å². The highest BCUT2D eigenvalue weighted by molar-refractivity contribution is 5.48. The standard InChI is InChI=1S/C12H19N3O2/c1-3-4-12(5-6-12)7-13-10-9(17-2)11(16)15-8-14-10/h8H,3-7H2,1-2H3,(H2,13,14,15,16). The third-order valence-electron chi connectivity index (χ3n) is 3.38. The topological polar surface area (TPSA) is 67.0 Å².